The van der Waals surface area contributed by atoms with Crippen molar-refractivity contribution >= 4 is 5.91 Å². The first-order valence-electron chi connectivity index (χ1n) is 9.40. The van der Waals surface area contributed by atoms with Gasteiger partial charge in [0.15, 0.2) is 11.5 Å². The van der Waals surface area contributed by atoms with Gasteiger partial charge >= 0.3 is 0 Å². The Labute approximate surface area is 160 Å². The number of piperazine rings is 1. The molecule has 0 atom stereocenters. The average Bonchev–Trinajstić information content (AvgIpc) is 3.19. The molecule has 2 aromatic rings. The maximum atomic E-state index is 12.8. The van der Waals surface area contributed by atoms with Crippen LogP contribution in [0.3, 0.4) is 0 Å². The van der Waals surface area contributed by atoms with Gasteiger partial charge in [-0.3, -0.25) is 9.69 Å². The largest absolute Gasteiger partial charge is 0.493 e. The van der Waals surface area contributed by atoms with Crippen molar-refractivity contribution in [2.75, 3.05) is 46.9 Å². The Morgan fingerprint density at radius 2 is 1.81 bits per heavy atom. The van der Waals surface area contributed by atoms with E-state index in [4.69, 9.17) is 9.47 Å². The Balaban J connectivity index is 1.53. The van der Waals surface area contributed by atoms with E-state index in [-0.39, 0.29) is 5.91 Å². The number of hydrogen-bond acceptors (Lipinski definition) is 5. The van der Waals surface area contributed by atoms with Gasteiger partial charge in [-0.05, 0) is 18.2 Å². The van der Waals surface area contributed by atoms with Gasteiger partial charge < -0.3 is 18.9 Å². The molecular formula is C20H28N4O3. The standard InChI is InChI=1S/C20H28N4O3/c1-4-19-21-7-8-23(19)12-9-22-10-13-24(14-11-22)20(25)16-5-6-17(26-2)18(15-16)27-3/h5-8,15H,4,9-14H2,1-3H3. The summed E-state index contributed by atoms with van der Waals surface area (Å²) in [5, 5.41) is 0. The number of ether oxygens (including phenoxy) is 2. The van der Waals surface area contributed by atoms with Gasteiger partial charge in [0.1, 0.15) is 5.82 Å². The van der Waals surface area contributed by atoms with Crippen molar-refractivity contribution in [2.24, 2.45) is 0 Å². The first-order chi connectivity index (χ1) is 13.2. The lowest BCUT2D eigenvalue weighted by molar-refractivity contribution is 0.0632. The van der Waals surface area contributed by atoms with Gasteiger partial charge in [0.2, 0.25) is 0 Å². The van der Waals surface area contributed by atoms with E-state index in [9.17, 15) is 4.79 Å². The fourth-order valence-electron chi connectivity index (χ4n) is 3.43. The Hall–Kier alpha value is -2.54. The van der Waals surface area contributed by atoms with Crippen molar-refractivity contribution in [2.45, 2.75) is 19.9 Å². The summed E-state index contributed by atoms with van der Waals surface area (Å²) >= 11 is 0. The van der Waals surface area contributed by atoms with E-state index >= 15 is 0 Å². The second-order valence-electron chi connectivity index (χ2n) is 6.59. The fraction of sp³-hybridized carbons (Fsp3) is 0.500. The third-order valence-corrected chi connectivity index (χ3v) is 5.07. The molecular weight excluding hydrogens is 344 g/mol. The molecule has 146 valence electrons. The van der Waals surface area contributed by atoms with E-state index in [1.165, 1.54) is 0 Å². The van der Waals surface area contributed by atoms with Gasteiger partial charge in [0, 0.05) is 63.6 Å². The number of hydrogen-bond donors (Lipinski definition) is 0. The highest BCUT2D eigenvalue weighted by Crippen LogP contribution is 2.28. The molecule has 7 nitrogen and oxygen atoms in total. The van der Waals surface area contributed by atoms with Crippen molar-refractivity contribution in [3.05, 3.63) is 42.0 Å². The number of imidazole rings is 1. The molecule has 0 saturated carbocycles. The van der Waals surface area contributed by atoms with Crippen LogP contribution >= 0.6 is 0 Å². The maximum absolute atomic E-state index is 12.8. The highest BCUT2D eigenvalue weighted by molar-refractivity contribution is 5.95. The fourth-order valence-corrected chi connectivity index (χ4v) is 3.43. The second kappa shape index (κ2) is 8.90. The van der Waals surface area contributed by atoms with Gasteiger partial charge in [-0.1, -0.05) is 6.92 Å². The van der Waals surface area contributed by atoms with E-state index in [1.54, 1.807) is 32.4 Å². The minimum Gasteiger partial charge on any atom is -0.493 e. The summed E-state index contributed by atoms with van der Waals surface area (Å²) in [7, 11) is 3.17. The average molecular weight is 372 g/mol. The van der Waals surface area contributed by atoms with Gasteiger partial charge in [0.05, 0.1) is 14.2 Å². The Bertz CT molecular complexity index is 766. The lowest BCUT2D eigenvalue weighted by atomic mass is 10.1. The molecule has 27 heavy (non-hydrogen) atoms. The molecule has 1 saturated heterocycles. The van der Waals surface area contributed by atoms with Crippen molar-refractivity contribution in [1.82, 2.24) is 19.4 Å². The topological polar surface area (TPSA) is 59.8 Å². The number of carbonyl (C=O) groups is 1. The molecule has 0 bridgehead atoms. The lowest BCUT2D eigenvalue weighted by Gasteiger charge is -2.35. The number of carbonyl (C=O) groups excluding carboxylic acids is 1. The molecule has 2 heterocycles. The highest BCUT2D eigenvalue weighted by atomic mass is 16.5. The van der Waals surface area contributed by atoms with Gasteiger partial charge in [-0.2, -0.15) is 0 Å². The first kappa shape index (κ1) is 19.2. The van der Waals surface area contributed by atoms with Crippen LogP contribution in [0.4, 0.5) is 0 Å². The van der Waals surface area contributed by atoms with Crippen molar-refractivity contribution < 1.29 is 14.3 Å². The third-order valence-electron chi connectivity index (χ3n) is 5.07. The van der Waals surface area contributed by atoms with Gasteiger partial charge in [-0.25, -0.2) is 4.98 Å². The summed E-state index contributed by atoms with van der Waals surface area (Å²) in [4.78, 5) is 21.5. The van der Waals surface area contributed by atoms with Gasteiger partial charge in [-0.15, -0.1) is 0 Å². The number of methoxy groups -OCH3 is 2. The Morgan fingerprint density at radius 1 is 1.07 bits per heavy atom. The molecule has 7 heteroatoms. The quantitative estimate of drug-likeness (QED) is 0.743. The molecule has 3 rings (SSSR count). The van der Waals surface area contributed by atoms with Crippen LogP contribution in [0, 0.1) is 0 Å². The molecule has 1 aromatic heterocycles. The van der Waals surface area contributed by atoms with Crippen LogP contribution in [0.25, 0.3) is 0 Å². The molecule has 0 unspecified atom stereocenters. The SMILES string of the molecule is CCc1nccn1CCN1CCN(C(=O)c2ccc(OC)c(OC)c2)CC1. The van der Waals surface area contributed by atoms with Crippen LogP contribution in [-0.2, 0) is 13.0 Å². The predicted octanol–water partition coefficient (Wildman–Crippen LogP) is 1.92. The zero-order valence-electron chi connectivity index (χ0n) is 16.4. The molecule has 1 aliphatic heterocycles. The Morgan fingerprint density at radius 3 is 2.48 bits per heavy atom. The van der Waals surface area contributed by atoms with Crippen LogP contribution in [-0.4, -0.2) is 72.2 Å². The zero-order valence-corrected chi connectivity index (χ0v) is 16.4. The summed E-state index contributed by atoms with van der Waals surface area (Å²) in [6, 6.07) is 5.32. The monoisotopic (exact) mass is 372 g/mol. The first-order valence-corrected chi connectivity index (χ1v) is 9.40. The van der Waals surface area contributed by atoms with Crippen LogP contribution < -0.4 is 9.47 Å². The van der Waals surface area contributed by atoms with Gasteiger partial charge in [0.25, 0.3) is 5.91 Å². The molecule has 0 N–H and O–H groups in total. The normalized spacial score (nSPS) is 15.0. The number of aromatic nitrogens is 2. The molecule has 0 spiro atoms. The molecule has 1 amide bonds. The number of aryl methyl sites for hydroxylation is 1. The van der Waals surface area contributed by atoms with Crippen LogP contribution in [0.15, 0.2) is 30.6 Å². The highest BCUT2D eigenvalue weighted by Gasteiger charge is 2.23. The number of rotatable bonds is 7. The van der Waals surface area contributed by atoms with Crippen LogP contribution in [0.5, 0.6) is 11.5 Å². The summed E-state index contributed by atoms with van der Waals surface area (Å²) < 4.78 is 12.8. The summed E-state index contributed by atoms with van der Waals surface area (Å²) in [6.07, 6.45) is 4.84. The number of nitrogens with zero attached hydrogens (tertiary/aromatic N) is 4. The van der Waals surface area contributed by atoms with E-state index in [0.29, 0.717) is 17.1 Å². The van der Waals surface area contributed by atoms with E-state index in [2.05, 4.69) is 21.4 Å². The summed E-state index contributed by atoms with van der Waals surface area (Å²) in [5.74, 6) is 2.37. The third kappa shape index (κ3) is 4.42. The molecule has 1 aromatic carbocycles. The zero-order chi connectivity index (χ0) is 19.2. The molecule has 1 aliphatic rings. The molecule has 0 aliphatic carbocycles. The number of amides is 1. The minimum atomic E-state index is 0.0403. The van der Waals surface area contributed by atoms with Crippen molar-refractivity contribution in [3.63, 3.8) is 0 Å². The Kier molecular flexibility index (Phi) is 6.34. The minimum absolute atomic E-state index is 0.0403. The van der Waals surface area contributed by atoms with Crippen LogP contribution in [0.2, 0.25) is 0 Å². The second-order valence-corrected chi connectivity index (χ2v) is 6.59. The van der Waals surface area contributed by atoms with E-state index in [1.807, 2.05) is 17.3 Å². The maximum Gasteiger partial charge on any atom is 0.254 e. The van der Waals surface area contributed by atoms with Crippen molar-refractivity contribution in [1.29, 1.82) is 0 Å². The van der Waals surface area contributed by atoms with Crippen LogP contribution in [0.1, 0.15) is 23.1 Å². The smallest absolute Gasteiger partial charge is 0.254 e. The summed E-state index contributed by atoms with van der Waals surface area (Å²) in [5.41, 5.74) is 0.632. The lowest BCUT2D eigenvalue weighted by Crippen LogP contribution is -2.49. The molecule has 0 radical (unpaired) electrons. The number of benzene rings is 1. The van der Waals surface area contributed by atoms with E-state index in [0.717, 1.165) is 51.5 Å². The molecule has 1 fully saturated rings. The van der Waals surface area contributed by atoms with E-state index < -0.39 is 0 Å². The summed E-state index contributed by atoms with van der Waals surface area (Å²) in [6.45, 7) is 7.27. The van der Waals surface area contributed by atoms with Crippen molar-refractivity contribution in [3.8, 4) is 11.5 Å². The predicted molar refractivity (Wildman–Crippen MR) is 103 cm³/mol.